The van der Waals surface area contributed by atoms with Crippen LogP contribution in [0.15, 0.2) is 41.4 Å². The fraction of sp³-hybridized carbons (Fsp3) is 0.368. The first-order valence-electron chi connectivity index (χ1n) is 8.49. The van der Waals surface area contributed by atoms with Gasteiger partial charge in [-0.05, 0) is 43.7 Å². The summed E-state index contributed by atoms with van der Waals surface area (Å²) < 4.78 is 5.69. The van der Waals surface area contributed by atoms with Gasteiger partial charge < -0.3 is 16.2 Å². The molecule has 1 aliphatic rings. The summed E-state index contributed by atoms with van der Waals surface area (Å²) in [6.45, 7) is 0.631. The van der Waals surface area contributed by atoms with Crippen LogP contribution < -0.4 is 16.2 Å². The van der Waals surface area contributed by atoms with Crippen molar-refractivity contribution in [2.45, 2.75) is 25.7 Å². The molecule has 26 heavy (non-hydrogen) atoms. The van der Waals surface area contributed by atoms with Crippen molar-refractivity contribution in [2.75, 3.05) is 6.54 Å². The topological polar surface area (TPSA) is 90.7 Å². The Kier molecular flexibility index (Phi) is 7.12. The zero-order valence-corrected chi connectivity index (χ0v) is 15.9. The van der Waals surface area contributed by atoms with Crippen molar-refractivity contribution in [1.29, 1.82) is 0 Å². The summed E-state index contributed by atoms with van der Waals surface area (Å²) in [5, 5.41) is 2.39. The van der Waals surface area contributed by atoms with E-state index in [1.165, 1.54) is 0 Å². The van der Waals surface area contributed by atoms with Gasteiger partial charge in [0.25, 0.3) is 0 Å². The number of rotatable bonds is 4. The molecule has 2 aromatic rings. The molecule has 0 unspecified atom stereocenters. The average Bonchev–Trinajstić information content (AvgIpc) is 2.63. The number of aliphatic imine (C=N–C) groups is 1. The quantitative estimate of drug-likeness (QED) is 0.355. The molecular weight excluding hydrogens is 373 g/mol. The maximum Gasteiger partial charge on any atom is 0.314 e. The first-order valence-corrected chi connectivity index (χ1v) is 8.86. The first-order chi connectivity index (χ1) is 12.0. The SMILES string of the molecule is Cl.NC(N)=NCC1CCC(C(=O)Oc2ccc(Cl)c3ccccc23)CC1. The molecule has 1 fully saturated rings. The van der Waals surface area contributed by atoms with Gasteiger partial charge in [-0.2, -0.15) is 0 Å². The fourth-order valence-corrected chi connectivity index (χ4v) is 3.56. The van der Waals surface area contributed by atoms with Crippen molar-refractivity contribution in [3.63, 3.8) is 0 Å². The average molecular weight is 396 g/mol. The molecule has 7 heteroatoms. The largest absolute Gasteiger partial charge is 0.426 e. The molecule has 0 radical (unpaired) electrons. The van der Waals surface area contributed by atoms with Crippen molar-refractivity contribution in [3.8, 4) is 5.75 Å². The van der Waals surface area contributed by atoms with Gasteiger partial charge in [0.05, 0.1) is 5.92 Å². The van der Waals surface area contributed by atoms with Gasteiger partial charge in [-0.25, -0.2) is 0 Å². The minimum absolute atomic E-state index is 0. The second-order valence-electron chi connectivity index (χ2n) is 6.50. The number of halogens is 2. The fourth-order valence-electron chi connectivity index (χ4n) is 3.33. The van der Waals surface area contributed by atoms with Crippen molar-refractivity contribution >= 4 is 46.7 Å². The molecule has 0 amide bonds. The van der Waals surface area contributed by atoms with Gasteiger partial charge in [-0.15, -0.1) is 12.4 Å². The van der Waals surface area contributed by atoms with Crippen LogP contribution >= 0.6 is 24.0 Å². The number of guanidine groups is 1. The standard InChI is InChI=1S/C19H22ClN3O2.ClH/c20-16-9-10-17(15-4-2-1-3-14(15)16)25-18(24)13-7-5-12(6-8-13)11-23-19(21)22;/h1-4,9-10,12-13H,5-8,11H2,(H4,21,22,23);1H. The molecule has 140 valence electrons. The second kappa shape index (κ2) is 9.10. The summed E-state index contributed by atoms with van der Waals surface area (Å²) >= 11 is 6.21. The molecule has 5 nitrogen and oxygen atoms in total. The highest BCUT2D eigenvalue weighted by molar-refractivity contribution is 6.35. The van der Waals surface area contributed by atoms with Gasteiger partial charge in [0, 0.05) is 22.3 Å². The van der Waals surface area contributed by atoms with Gasteiger partial charge in [0.1, 0.15) is 5.75 Å². The Labute approximate surface area is 164 Å². The van der Waals surface area contributed by atoms with Crippen LogP contribution in [-0.2, 0) is 4.79 Å². The zero-order chi connectivity index (χ0) is 17.8. The summed E-state index contributed by atoms with van der Waals surface area (Å²) in [6.07, 6.45) is 3.46. The highest BCUT2D eigenvalue weighted by Gasteiger charge is 2.28. The van der Waals surface area contributed by atoms with Gasteiger partial charge in [0.2, 0.25) is 0 Å². The molecule has 3 rings (SSSR count). The molecule has 0 aliphatic heterocycles. The van der Waals surface area contributed by atoms with E-state index >= 15 is 0 Å². The molecule has 0 atom stereocenters. The van der Waals surface area contributed by atoms with Crippen LogP contribution in [0.2, 0.25) is 5.02 Å². The number of esters is 1. The van der Waals surface area contributed by atoms with Crippen LogP contribution in [0.3, 0.4) is 0 Å². The minimum Gasteiger partial charge on any atom is -0.426 e. The number of hydrogen-bond acceptors (Lipinski definition) is 3. The van der Waals surface area contributed by atoms with Crippen LogP contribution in [0.5, 0.6) is 5.75 Å². The van der Waals surface area contributed by atoms with Crippen molar-refractivity contribution < 1.29 is 9.53 Å². The number of benzene rings is 2. The van der Waals surface area contributed by atoms with Crippen LogP contribution in [0.1, 0.15) is 25.7 Å². The van der Waals surface area contributed by atoms with Crippen LogP contribution in [0.4, 0.5) is 0 Å². The zero-order valence-electron chi connectivity index (χ0n) is 14.4. The lowest BCUT2D eigenvalue weighted by Crippen LogP contribution is -2.28. The second-order valence-corrected chi connectivity index (χ2v) is 6.90. The number of ether oxygens (including phenoxy) is 1. The van der Waals surface area contributed by atoms with E-state index in [9.17, 15) is 4.79 Å². The van der Waals surface area contributed by atoms with Crippen LogP contribution in [-0.4, -0.2) is 18.5 Å². The van der Waals surface area contributed by atoms with E-state index in [1.54, 1.807) is 12.1 Å². The summed E-state index contributed by atoms with van der Waals surface area (Å²) in [6, 6.07) is 11.2. The Bertz CT molecular complexity index is 798. The van der Waals surface area contributed by atoms with E-state index in [4.69, 9.17) is 27.8 Å². The third-order valence-corrected chi connectivity index (χ3v) is 5.08. The van der Waals surface area contributed by atoms with Crippen molar-refractivity contribution in [1.82, 2.24) is 0 Å². The number of hydrogen-bond donors (Lipinski definition) is 2. The Morgan fingerprint density at radius 2 is 1.73 bits per heavy atom. The molecule has 1 aliphatic carbocycles. The minimum atomic E-state index is -0.173. The van der Waals surface area contributed by atoms with Gasteiger partial charge in [-0.1, -0.05) is 35.9 Å². The summed E-state index contributed by atoms with van der Waals surface area (Å²) in [4.78, 5) is 16.6. The van der Waals surface area contributed by atoms with Crippen molar-refractivity contribution in [2.24, 2.45) is 28.3 Å². The lowest BCUT2D eigenvalue weighted by molar-refractivity contribution is -0.140. The number of nitrogens with zero attached hydrogens (tertiary/aromatic N) is 1. The van der Waals surface area contributed by atoms with E-state index in [0.29, 0.717) is 23.2 Å². The maximum absolute atomic E-state index is 12.5. The number of carbonyl (C=O) groups is 1. The third kappa shape index (κ3) is 4.80. The Hall–Kier alpha value is -1.98. The van der Waals surface area contributed by atoms with Gasteiger partial charge in [0.15, 0.2) is 5.96 Å². The lowest BCUT2D eigenvalue weighted by Gasteiger charge is -2.26. The monoisotopic (exact) mass is 395 g/mol. The molecule has 0 spiro atoms. The van der Waals surface area contributed by atoms with Crippen LogP contribution in [0.25, 0.3) is 10.8 Å². The molecule has 0 bridgehead atoms. The smallest absolute Gasteiger partial charge is 0.314 e. The Balaban J connectivity index is 0.00000243. The van der Waals surface area contributed by atoms with E-state index in [1.807, 2.05) is 24.3 Å². The summed E-state index contributed by atoms with van der Waals surface area (Å²) in [5.74, 6) is 0.865. The van der Waals surface area contributed by atoms with Gasteiger partial charge >= 0.3 is 5.97 Å². The third-order valence-electron chi connectivity index (χ3n) is 4.75. The molecule has 0 heterocycles. The highest BCUT2D eigenvalue weighted by atomic mass is 35.5. The molecule has 1 saturated carbocycles. The predicted molar refractivity (Wildman–Crippen MR) is 108 cm³/mol. The highest BCUT2D eigenvalue weighted by Crippen LogP contribution is 2.34. The van der Waals surface area contributed by atoms with E-state index in [2.05, 4.69) is 4.99 Å². The van der Waals surface area contributed by atoms with E-state index in [0.717, 1.165) is 36.5 Å². The van der Waals surface area contributed by atoms with E-state index in [-0.39, 0.29) is 30.3 Å². The normalized spacial score (nSPS) is 19.4. The molecule has 0 aromatic heterocycles. The molecule has 4 N–H and O–H groups in total. The molecule has 2 aromatic carbocycles. The Morgan fingerprint density at radius 3 is 2.38 bits per heavy atom. The summed E-state index contributed by atoms with van der Waals surface area (Å²) in [7, 11) is 0. The maximum atomic E-state index is 12.5. The Morgan fingerprint density at radius 1 is 1.08 bits per heavy atom. The predicted octanol–water partition coefficient (Wildman–Crippen LogP) is 3.90. The van der Waals surface area contributed by atoms with Crippen molar-refractivity contribution in [3.05, 3.63) is 41.4 Å². The first kappa shape index (κ1) is 20.3. The van der Waals surface area contributed by atoms with Crippen LogP contribution in [0, 0.1) is 11.8 Å². The number of fused-ring (bicyclic) bond motifs is 1. The molecule has 0 saturated heterocycles. The van der Waals surface area contributed by atoms with Gasteiger partial charge in [-0.3, -0.25) is 9.79 Å². The lowest BCUT2D eigenvalue weighted by atomic mass is 9.82. The number of nitrogens with two attached hydrogens (primary N) is 2. The number of carbonyl (C=O) groups excluding carboxylic acids is 1. The molecular formula is C19H23Cl2N3O2. The summed E-state index contributed by atoms with van der Waals surface area (Å²) in [5.41, 5.74) is 10.7. The van der Waals surface area contributed by atoms with E-state index < -0.39 is 0 Å².